The van der Waals surface area contributed by atoms with Crippen molar-refractivity contribution in [3.05, 3.63) is 70.3 Å². The first-order valence-corrected chi connectivity index (χ1v) is 10.1. The summed E-state index contributed by atoms with van der Waals surface area (Å²) in [5, 5.41) is 3.02. The van der Waals surface area contributed by atoms with Crippen LogP contribution < -0.4 is 5.32 Å². The standard InChI is InChI=1S/C23H27F2N3O2/c1-15-4-5-18(12-16(15)2)17(3)26-22(29)14-27-8-10-28(11-9-27)23(30)19-6-7-20(24)21(25)13-19/h4-7,12-13,17H,8-11,14H2,1-3H3,(H,26,29). The molecule has 0 aliphatic carbocycles. The molecule has 3 rings (SSSR count). The van der Waals surface area contributed by atoms with Crippen LogP contribution in [0.1, 0.15) is 40.0 Å². The molecule has 1 unspecified atom stereocenters. The first kappa shape index (κ1) is 21.9. The number of amides is 2. The molecule has 1 heterocycles. The minimum absolute atomic E-state index is 0.0684. The third-order valence-electron chi connectivity index (χ3n) is 5.60. The van der Waals surface area contributed by atoms with Crippen molar-refractivity contribution in [2.45, 2.75) is 26.8 Å². The van der Waals surface area contributed by atoms with Gasteiger partial charge in [0.2, 0.25) is 5.91 Å². The van der Waals surface area contributed by atoms with Gasteiger partial charge >= 0.3 is 0 Å². The fourth-order valence-electron chi connectivity index (χ4n) is 3.53. The average molecular weight is 415 g/mol. The number of nitrogens with zero attached hydrogens (tertiary/aromatic N) is 2. The molecule has 0 saturated carbocycles. The van der Waals surface area contributed by atoms with E-state index in [9.17, 15) is 18.4 Å². The van der Waals surface area contributed by atoms with Crippen molar-refractivity contribution in [3.63, 3.8) is 0 Å². The first-order chi connectivity index (χ1) is 14.2. The summed E-state index contributed by atoms with van der Waals surface area (Å²) < 4.78 is 26.5. The summed E-state index contributed by atoms with van der Waals surface area (Å²) in [6.45, 7) is 8.26. The van der Waals surface area contributed by atoms with Gasteiger partial charge in [-0.15, -0.1) is 0 Å². The second-order valence-corrected chi connectivity index (χ2v) is 7.83. The molecule has 0 bridgehead atoms. The van der Waals surface area contributed by atoms with Crippen LogP contribution >= 0.6 is 0 Å². The Kier molecular flexibility index (Phi) is 6.82. The Labute approximate surface area is 175 Å². The SMILES string of the molecule is Cc1ccc(C(C)NC(=O)CN2CCN(C(=O)c3ccc(F)c(F)c3)CC2)cc1C. The fourth-order valence-corrected chi connectivity index (χ4v) is 3.53. The largest absolute Gasteiger partial charge is 0.348 e. The number of rotatable bonds is 5. The maximum Gasteiger partial charge on any atom is 0.254 e. The number of carbonyl (C=O) groups excluding carboxylic acids is 2. The van der Waals surface area contributed by atoms with E-state index in [1.165, 1.54) is 17.2 Å². The smallest absolute Gasteiger partial charge is 0.254 e. The van der Waals surface area contributed by atoms with Crippen molar-refractivity contribution >= 4 is 11.8 Å². The van der Waals surface area contributed by atoms with Crippen LogP contribution in [0.5, 0.6) is 0 Å². The van der Waals surface area contributed by atoms with Gasteiger partial charge in [0.15, 0.2) is 11.6 Å². The van der Waals surface area contributed by atoms with E-state index in [1.54, 1.807) is 4.90 Å². The van der Waals surface area contributed by atoms with Gasteiger partial charge in [0.25, 0.3) is 5.91 Å². The number of nitrogens with one attached hydrogen (secondary N) is 1. The number of halogens is 2. The summed E-state index contributed by atoms with van der Waals surface area (Å²) in [7, 11) is 0. The summed E-state index contributed by atoms with van der Waals surface area (Å²) in [4.78, 5) is 28.5. The topological polar surface area (TPSA) is 52.7 Å². The normalized spacial score (nSPS) is 15.7. The highest BCUT2D eigenvalue weighted by Crippen LogP contribution is 2.17. The monoisotopic (exact) mass is 415 g/mol. The van der Waals surface area contributed by atoms with Crippen LogP contribution in [-0.4, -0.2) is 54.3 Å². The Balaban J connectivity index is 1.49. The van der Waals surface area contributed by atoms with E-state index < -0.39 is 11.6 Å². The lowest BCUT2D eigenvalue weighted by Crippen LogP contribution is -2.51. The average Bonchev–Trinajstić information content (AvgIpc) is 2.72. The van der Waals surface area contributed by atoms with Gasteiger partial charge in [0.1, 0.15) is 0 Å². The Bertz CT molecular complexity index is 940. The van der Waals surface area contributed by atoms with Gasteiger partial charge in [0.05, 0.1) is 12.6 Å². The number of aryl methyl sites for hydroxylation is 2. The zero-order chi connectivity index (χ0) is 21.8. The van der Waals surface area contributed by atoms with Crippen LogP contribution in [-0.2, 0) is 4.79 Å². The Morgan fingerprint density at radius 2 is 1.67 bits per heavy atom. The predicted octanol–water partition coefficient (Wildman–Crippen LogP) is 3.22. The molecule has 2 aromatic rings. The van der Waals surface area contributed by atoms with Crippen molar-refractivity contribution < 1.29 is 18.4 Å². The van der Waals surface area contributed by atoms with E-state index in [0.717, 1.165) is 17.7 Å². The first-order valence-electron chi connectivity index (χ1n) is 10.1. The molecule has 7 heteroatoms. The third-order valence-corrected chi connectivity index (χ3v) is 5.60. The molecule has 160 valence electrons. The lowest BCUT2D eigenvalue weighted by atomic mass is 10.0. The lowest BCUT2D eigenvalue weighted by Gasteiger charge is -2.34. The van der Waals surface area contributed by atoms with E-state index in [0.29, 0.717) is 26.2 Å². The molecule has 1 atom stereocenters. The summed E-state index contributed by atoms with van der Waals surface area (Å²) in [5.74, 6) is -2.41. The quantitative estimate of drug-likeness (QED) is 0.816. The Morgan fingerprint density at radius 1 is 0.967 bits per heavy atom. The summed E-state index contributed by atoms with van der Waals surface area (Å²) in [5.41, 5.74) is 3.60. The number of carbonyl (C=O) groups is 2. The van der Waals surface area contributed by atoms with Gasteiger partial charge < -0.3 is 10.2 Å². The van der Waals surface area contributed by atoms with Gasteiger partial charge in [-0.3, -0.25) is 14.5 Å². The van der Waals surface area contributed by atoms with E-state index in [-0.39, 0.29) is 30.0 Å². The molecule has 0 spiro atoms. The van der Waals surface area contributed by atoms with Gasteiger partial charge in [-0.05, 0) is 55.7 Å². The Morgan fingerprint density at radius 3 is 2.30 bits per heavy atom. The van der Waals surface area contributed by atoms with Gasteiger partial charge in [-0.2, -0.15) is 0 Å². The van der Waals surface area contributed by atoms with E-state index in [1.807, 2.05) is 17.9 Å². The molecule has 1 fully saturated rings. The number of hydrogen-bond acceptors (Lipinski definition) is 3. The number of benzene rings is 2. The molecule has 1 aliphatic heterocycles. The molecular formula is C23H27F2N3O2. The van der Waals surface area contributed by atoms with E-state index >= 15 is 0 Å². The maximum absolute atomic E-state index is 13.4. The van der Waals surface area contributed by atoms with Crippen molar-refractivity contribution in [2.24, 2.45) is 0 Å². The van der Waals surface area contributed by atoms with E-state index in [2.05, 4.69) is 31.3 Å². The van der Waals surface area contributed by atoms with Crippen LogP contribution in [0.4, 0.5) is 8.78 Å². The molecule has 1 saturated heterocycles. The molecule has 2 aromatic carbocycles. The van der Waals surface area contributed by atoms with Crippen LogP contribution in [0.25, 0.3) is 0 Å². The third kappa shape index (κ3) is 5.21. The van der Waals surface area contributed by atoms with Gasteiger partial charge in [0, 0.05) is 31.7 Å². The van der Waals surface area contributed by atoms with Crippen molar-refractivity contribution in [3.8, 4) is 0 Å². The molecule has 0 radical (unpaired) electrons. The summed E-state index contributed by atoms with van der Waals surface area (Å²) >= 11 is 0. The van der Waals surface area contributed by atoms with Crippen LogP contribution in [0.3, 0.4) is 0 Å². The number of piperazine rings is 1. The highest BCUT2D eigenvalue weighted by molar-refractivity contribution is 5.94. The summed E-state index contributed by atoms with van der Waals surface area (Å²) in [6.07, 6.45) is 0. The predicted molar refractivity (Wildman–Crippen MR) is 111 cm³/mol. The Hall–Kier alpha value is -2.80. The second kappa shape index (κ2) is 9.34. The molecule has 2 amide bonds. The van der Waals surface area contributed by atoms with Crippen molar-refractivity contribution in [1.29, 1.82) is 0 Å². The fraction of sp³-hybridized carbons (Fsp3) is 0.391. The lowest BCUT2D eigenvalue weighted by molar-refractivity contribution is -0.123. The van der Waals surface area contributed by atoms with Crippen molar-refractivity contribution in [1.82, 2.24) is 15.1 Å². The molecule has 1 N–H and O–H groups in total. The minimum Gasteiger partial charge on any atom is -0.348 e. The summed E-state index contributed by atoms with van der Waals surface area (Å²) in [6, 6.07) is 9.24. The zero-order valence-corrected chi connectivity index (χ0v) is 17.5. The minimum atomic E-state index is -1.03. The van der Waals surface area contributed by atoms with Crippen LogP contribution in [0.2, 0.25) is 0 Å². The van der Waals surface area contributed by atoms with E-state index in [4.69, 9.17) is 0 Å². The van der Waals surface area contributed by atoms with Crippen LogP contribution in [0, 0.1) is 25.5 Å². The second-order valence-electron chi connectivity index (χ2n) is 7.83. The molecule has 1 aliphatic rings. The molecule has 0 aromatic heterocycles. The number of hydrogen-bond donors (Lipinski definition) is 1. The van der Waals surface area contributed by atoms with Crippen molar-refractivity contribution in [2.75, 3.05) is 32.7 Å². The highest BCUT2D eigenvalue weighted by Gasteiger charge is 2.24. The van der Waals surface area contributed by atoms with Crippen LogP contribution in [0.15, 0.2) is 36.4 Å². The van der Waals surface area contributed by atoms with Gasteiger partial charge in [-0.1, -0.05) is 18.2 Å². The molecular weight excluding hydrogens is 388 g/mol. The van der Waals surface area contributed by atoms with Gasteiger partial charge in [-0.25, -0.2) is 8.78 Å². The maximum atomic E-state index is 13.4. The molecule has 30 heavy (non-hydrogen) atoms. The molecule has 5 nitrogen and oxygen atoms in total. The zero-order valence-electron chi connectivity index (χ0n) is 17.5. The highest BCUT2D eigenvalue weighted by atomic mass is 19.2.